The molecule has 0 fully saturated rings. The van der Waals surface area contributed by atoms with Gasteiger partial charge in [-0.3, -0.25) is 0 Å². The van der Waals surface area contributed by atoms with Gasteiger partial charge in [0.05, 0.1) is 20.5 Å². The van der Waals surface area contributed by atoms with Crippen LogP contribution in [0.1, 0.15) is 37.3 Å². The number of hydrogen-bond donors (Lipinski definition) is 1. The average Bonchev–Trinajstić information content (AvgIpc) is 3.32. The summed E-state index contributed by atoms with van der Waals surface area (Å²) in [7, 11) is 3.33. The summed E-state index contributed by atoms with van der Waals surface area (Å²) < 4.78 is 13.0. The molecule has 170 valence electrons. The molecule has 0 bridgehead atoms. The first-order valence-corrected chi connectivity index (χ1v) is 11.2. The predicted molar refractivity (Wildman–Crippen MR) is 134 cm³/mol. The van der Waals surface area contributed by atoms with E-state index in [-0.39, 0.29) is 0 Å². The zero-order chi connectivity index (χ0) is 22.9. The maximum Gasteiger partial charge on any atom is 0.173 e. The molecule has 0 spiro atoms. The zero-order valence-electron chi connectivity index (χ0n) is 19.2. The van der Waals surface area contributed by atoms with Crippen LogP contribution in [-0.4, -0.2) is 40.3 Å². The predicted octanol–water partition coefficient (Wildman–Crippen LogP) is 5.31. The Balaban J connectivity index is 1.73. The number of ether oxygens (including phenoxy) is 2. The van der Waals surface area contributed by atoms with Crippen molar-refractivity contribution in [2.45, 2.75) is 39.3 Å². The van der Waals surface area contributed by atoms with Crippen LogP contribution in [0, 0.1) is 0 Å². The van der Waals surface area contributed by atoms with Gasteiger partial charge in [0.1, 0.15) is 11.5 Å². The molecule has 1 aromatic heterocycles. The van der Waals surface area contributed by atoms with Gasteiger partial charge in [0.25, 0.3) is 0 Å². The highest BCUT2D eigenvalue weighted by Crippen LogP contribution is 2.26. The number of hydrogen-bond acceptors (Lipinski definition) is 4. The first-order valence-electron chi connectivity index (χ1n) is 10.8. The lowest BCUT2D eigenvalue weighted by Gasteiger charge is -2.27. The number of anilines is 1. The minimum absolute atomic E-state index is 0.498. The number of nitrogens with one attached hydrogen (secondary N) is 1. The Hall–Kier alpha value is -3.06. The van der Waals surface area contributed by atoms with Crippen LogP contribution in [0.3, 0.4) is 0 Å². The Morgan fingerprint density at radius 2 is 1.91 bits per heavy atom. The third-order valence-corrected chi connectivity index (χ3v) is 5.74. The molecular formula is C25H32N4O2S. The molecule has 0 aliphatic heterocycles. The SMILES string of the molecule is COc1ccc(CN(CCCn2ccnc2)C(=S)Nc2ccc(C(C)C)cc2)c(OC)c1. The van der Waals surface area contributed by atoms with Crippen molar-refractivity contribution in [3.63, 3.8) is 0 Å². The van der Waals surface area contributed by atoms with E-state index in [1.165, 1.54) is 5.56 Å². The molecule has 7 heteroatoms. The highest BCUT2D eigenvalue weighted by atomic mass is 32.1. The van der Waals surface area contributed by atoms with E-state index in [9.17, 15) is 0 Å². The molecule has 0 atom stereocenters. The summed E-state index contributed by atoms with van der Waals surface area (Å²) in [5.41, 5.74) is 3.34. The van der Waals surface area contributed by atoms with Crippen LogP contribution < -0.4 is 14.8 Å². The van der Waals surface area contributed by atoms with Gasteiger partial charge in [0, 0.05) is 49.3 Å². The van der Waals surface area contributed by atoms with Crippen LogP contribution in [0.15, 0.2) is 61.2 Å². The molecule has 6 nitrogen and oxygen atoms in total. The van der Waals surface area contributed by atoms with Crippen LogP contribution in [0.5, 0.6) is 11.5 Å². The number of thiocarbonyl (C=S) groups is 1. The van der Waals surface area contributed by atoms with Crippen molar-refractivity contribution in [2.75, 3.05) is 26.1 Å². The Kier molecular flexibility index (Phi) is 8.50. The Morgan fingerprint density at radius 1 is 1.12 bits per heavy atom. The summed E-state index contributed by atoms with van der Waals surface area (Å²) in [6, 6.07) is 14.3. The normalized spacial score (nSPS) is 10.8. The van der Waals surface area contributed by atoms with Crippen molar-refractivity contribution in [1.82, 2.24) is 14.5 Å². The summed E-state index contributed by atoms with van der Waals surface area (Å²) in [4.78, 5) is 6.29. The second kappa shape index (κ2) is 11.5. The van der Waals surface area contributed by atoms with Gasteiger partial charge in [-0.15, -0.1) is 0 Å². The Labute approximate surface area is 196 Å². The van der Waals surface area contributed by atoms with Crippen molar-refractivity contribution in [3.05, 3.63) is 72.3 Å². The smallest absolute Gasteiger partial charge is 0.173 e. The van der Waals surface area contributed by atoms with Gasteiger partial charge in [0.2, 0.25) is 0 Å². The van der Waals surface area contributed by atoms with E-state index in [0.717, 1.165) is 42.3 Å². The molecule has 0 saturated heterocycles. The highest BCUT2D eigenvalue weighted by molar-refractivity contribution is 7.80. The summed E-state index contributed by atoms with van der Waals surface area (Å²) >= 11 is 5.81. The lowest BCUT2D eigenvalue weighted by molar-refractivity contribution is 0.366. The van der Waals surface area contributed by atoms with E-state index in [2.05, 4.69) is 57.9 Å². The van der Waals surface area contributed by atoms with Crippen molar-refractivity contribution in [1.29, 1.82) is 0 Å². The molecule has 2 aromatic carbocycles. The standard InChI is InChI=1S/C25H32N4O2S/c1-19(2)20-6-9-22(10-7-20)27-25(32)29(14-5-13-28-15-12-26-18-28)17-21-8-11-23(30-3)16-24(21)31-4/h6-12,15-16,18-19H,5,13-14,17H2,1-4H3,(H,27,32). The molecule has 0 aliphatic rings. The summed E-state index contributed by atoms with van der Waals surface area (Å²) in [5, 5.41) is 4.09. The number of nitrogens with zero attached hydrogens (tertiary/aromatic N) is 3. The molecular weight excluding hydrogens is 420 g/mol. The molecule has 0 radical (unpaired) electrons. The van der Waals surface area contributed by atoms with Crippen molar-refractivity contribution >= 4 is 23.0 Å². The monoisotopic (exact) mass is 452 g/mol. The minimum atomic E-state index is 0.498. The van der Waals surface area contributed by atoms with Crippen LogP contribution in [0.4, 0.5) is 5.69 Å². The molecule has 3 aromatic rings. The molecule has 0 aliphatic carbocycles. The molecule has 0 amide bonds. The summed E-state index contributed by atoms with van der Waals surface area (Å²) in [6.45, 7) is 6.69. The Morgan fingerprint density at radius 3 is 2.53 bits per heavy atom. The summed E-state index contributed by atoms with van der Waals surface area (Å²) in [5.74, 6) is 2.05. The van der Waals surface area contributed by atoms with Crippen LogP contribution >= 0.6 is 12.2 Å². The van der Waals surface area contributed by atoms with Gasteiger partial charge in [-0.1, -0.05) is 26.0 Å². The average molecular weight is 453 g/mol. The van der Waals surface area contributed by atoms with Gasteiger partial charge in [-0.2, -0.15) is 0 Å². The van der Waals surface area contributed by atoms with Crippen LogP contribution in [-0.2, 0) is 13.1 Å². The van der Waals surface area contributed by atoms with Crippen LogP contribution in [0.25, 0.3) is 0 Å². The van der Waals surface area contributed by atoms with Crippen LogP contribution in [0.2, 0.25) is 0 Å². The number of aromatic nitrogens is 2. The van der Waals surface area contributed by atoms with Crippen molar-refractivity contribution in [3.8, 4) is 11.5 Å². The maximum atomic E-state index is 5.81. The quantitative estimate of drug-likeness (QED) is 0.421. The van der Waals surface area contributed by atoms with E-state index in [0.29, 0.717) is 17.6 Å². The van der Waals surface area contributed by atoms with E-state index in [1.54, 1.807) is 20.4 Å². The lowest BCUT2D eigenvalue weighted by atomic mass is 10.0. The van der Waals surface area contributed by atoms with Crippen molar-refractivity contribution in [2.24, 2.45) is 0 Å². The topological polar surface area (TPSA) is 51.5 Å². The van der Waals surface area contributed by atoms with E-state index in [1.807, 2.05) is 30.7 Å². The number of rotatable bonds is 10. The maximum absolute atomic E-state index is 5.81. The minimum Gasteiger partial charge on any atom is -0.497 e. The van der Waals surface area contributed by atoms with Gasteiger partial charge >= 0.3 is 0 Å². The Bertz CT molecular complexity index is 988. The fourth-order valence-corrected chi connectivity index (χ4v) is 3.73. The third-order valence-electron chi connectivity index (χ3n) is 5.37. The highest BCUT2D eigenvalue weighted by Gasteiger charge is 2.15. The van der Waals surface area contributed by atoms with Gasteiger partial charge in [0.15, 0.2) is 5.11 Å². The third kappa shape index (κ3) is 6.47. The molecule has 32 heavy (non-hydrogen) atoms. The number of imidazole rings is 1. The van der Waals surface area contributed by atoms with Gasteiger partial charge < -0.3 is 24.3 Å². The number of aryl methyl sites for hydroxylation is 1. The fraction of sp³-hybridized carbons (Fsp3) is 0.360. The first-order chi connectivity index (χ1) is 15.5. The van der Waals surface area contributed by atoms with E-state index >= 15 is 0 Å². The lowest BCUT2D eigenvalue weighted by Crippen LogP contribution is -2.35. The van der Waals surface area contributed by atoms with E-state index in [4.69, 9.17) is 21.7 Å². The molecule has 1 heterocycles. The fourth-order valence-electron chi connectivity index (χ4n) is 3.46. The zero-order valence-corrected chi connectivity index (χ0v) is 20.1. The molecule has 0 saturated carbocycles. The largest absolute Gasteiger partial charge is 0.497 e. The molecule has 0 unspecified atom stereocenters. The van der Waals surface area contributed by atoms with Gasteiger partial charge in [-0.05, 0) is 54.4 Å². The van der Waals surface area contributed by atoms with E-state index < -0.39 is 0 Å². The molecule has 1 N–H and O–H groups in total. The molecule has 3 rings (SSSR count). The second-order valence-corrected chi connectivity index (χ2v) is 8.35. The number of benzene rings is 2. The first kappa shape index (κ1) is 23.6. The van der Waals surface area contributed by atoms with Crippen molar-refractivity contribution < 1.29 is 9.47 Å². The number of methoxy groups -OCH3 is 2. The summed E-state index contributed by atoms with van der Waals surface area (Å²) in [6.07, 6.45) is 6.54. The van der Waals surface area contributed by atoms with Gasteiger partial charge in [-0.25, -0.2) is 4.98 Å². The second-order valence-electron chi connectivity index (χ2n) is 7.96.